The first-order valence-electron chi connectivity index (χ1n) is 7.25. The van der Waals surface area contributed by atoms with Crippen molar-refractivity contribution in [3.05, 3.63) is 28.2 Å². The Morgan fingerprint density at radius 1 is 1.23 bits per heavy atom. The van der Waals surface area contributed by atoms with E-state index < -0.39 is 0 Å². The van der Waals surface area contributed by atoms with E-state index in [4.69, 9.17) is 23.2 Å². The smallest absolute Gasteiger partial charge is 0.282 e. The van der Waals surface area contributed by atoms with Gasteiger partial charge in [0.25, 0.3) is 5.91 Å². The number of hydrogen-bond donors (Lipinski definition) is 2. The Bertz CT molecular complexity index is 552. The van der Waals surface area contributed by atoms with Gasteiger partial charge in [-0.15, -0.1) is 0 Å². The zero-order chi connectivity index (χ0) is 16.3. The molecule has 1 aliphatic heterocycles. The maximum absolute atomic E-state index is 12.4. The molecule has 0 spiro atoms. The van der Waals surface area contributed by atoms with Crippen molar-refractivity contribution in [3.63, 3.8) is 0 Å². The first kappa shape index (κ1) is 17.1. The largest absolute Gasteiger partial charge is 0.332 e. The molecule has 1 aromatic carbocycles. The summed E-state index contributed by atoms with van der Waals surface area (Å²) in [6.45, 7) is 6.30. The van der Waals surface area contributed by atoms with E-state index in [0.717, 1.165) is 18.0 Å². The van der Waals surface area contributed by atoms with Crippen LogP contribution in [0.1, 0.15) is 13.8 Å². The van der Waals surface area contributed by atoms with Crippen LogP contribution in [0.2, 0.25) is 10.0 Å². The number of rotatable bonds is 3. The third-order valence-electron chi connectivity index (χ3n) is 4.07. The summed E-state index contributed by atoms with van der Waals surface area (Å²) >= 11 is 12.1. The zero-order valence-electron chi connectivity index (χ0n) is 12.7. The topological polar surface area (TPSA) is 53.9 Å². The molecule has 0 radical (unpaired) electrons. The van der Waals surface area contributed by atoms with Crippen LogP contribution in [0.4, 0.5) is 5.69 Å². The molecule has 1 aliphatic rings. The van der Waals surface area contributed by atoms with Crippen molar-refractivity contribution in [3.8, 4) is 0 Å². The average molecular weight is 345 g/mol. The van der Waals surface area contributed by atoms with Gasteiger partial charge in [0.05, 0.1) is 41.9 Å². The first-order chi connectivity index (χ1) is 10.4. The number of carbonyl (C=O) groups excluding carboxylic acids is 2. The molecule has 0 aliphatic carbocycles. The maximum atomic E-state index is 12.4. The van der Waals surface area contributed by atoms with E-state index in [1.807, 2.05) is 6.92 Å². The number of piperazine rings is 1. The highest BCUT2D eigenvalue weighted by Gasteiger charge is 2.30. The van der Waals surface area contributed by atoms with Crippen LogP contribution in [-0.4, -0.2) is 48.9 Å². The molecule has 7 heteroatoms. The van der Waals surface area contributed by atoms with Gasteiger partial charge in [-0.1, -0.05) is 29.3 Å². The van der Waals surface area contributed by atoms with E-state index in [9.17, 15) is 9.59 Å². The van der Waals surface area contributed by atoms with Crippen LogP contribution in [0.15, 0.2) is 18.2 Å². The molecule has 0 bridgehead atoms. The Kier molecular flexibility index (Phi) is 5.67. The SMILES string of the molecule is CC(=O)N1CC[NH+]([C@@H](C)C(=O)Nc2c(Cl)cccc2Cl)CC1. The molecule has 5 nitrogen and oxygen atoms in total. The predicted octanol–water partition coefficient (Wildman–Crippen LogP) is 1.07. The first-order valence-corrected chi connectivity index (χ1v) is 8.00. The standard InChI is InChI=1S/C15H19Cl2N3O2/c1-10(19-6-8-20(9-7-19)11(2)21)15(22)18-14-12(16)4-3-5-13(14)17/h3-5,10H,6-9H2,1-2H3,(H,18,22)/p+1/t10-/m0/s1. The summed E-state index contributed by atoms with van der Waals surface area (Å²) in [5.41, 5.74) is 0.449. The third kappa shape index (κ3) is 3.91. The van der Waals surface area contributed by atoms with Gasteiger partial charge in [-0.05, 0) is 19.1 Å². The minimum atomic E-state index is -0.235. The van der Waals surface area contributed by atoms with Crippen LogP contribution < -0.4 is 10.2 Å². The van der Waals surface area contributed by atoms with Crippen LogP contribution in [0, 0.1) is 0 Å². The number of nitrogens with zero attached hydrogens (tertiary/aromatic N) is 1. The number of benzene rings is 1. The number of hydrogen-bond acceptors (Lipinski definition) is 2. The average Bonchev–Trinajstić information content (AvgIpc) is 2.50. The highest BCUT2D eigenvalue weighted by molar-refractivity contribution is 6.39. The summed E-state index contributed by atoms with van der Waals surface area (Å²) in [5, 5.41) is 3.65. The molecule has 1 atom stereocenters. The zero-order valence-corrected chi connectivity index (χ0v) is 14.2. The van der Waals surface area contributed by atoms with Crippen molar-refractivity contribution in [1.82, 2.24) is 4.90 Å². The molecule has 1 heterocycles. The van der Waals surface area contributed by atoms with Crippen LogP contribution >= 0.6 is 23.2 Å². The van der Waals surface area contributed by atoms with Crippen LogP contribution in [0.25, 0.3) is 0 Å². The fourth-order valence-electron chi connectivity index (χ4n) is 2.58. The van der Waals surface area contributed by atoms with Gasteiger partial charge in [0.1, 0.15) is 0 Å². The van der Waals surface area contributed by atoms with E-state index >= 15 is 0 Å². The lowest BCUT2D eigenvalue weighted by Crippen LogP contribution is -3.19. The molecule has 22 heavy (non-hydrogen) atoms. The fraction of sp³-hybridized carbons (Fsp3) is 0.467. The Morgan fingerprint density at radius 2 is 1.77 bits per heavy atom. The van der Waals surface area contributed by atoms with Crippen LogP contribution in [-0.2, 0) is 9.59 Å². The van der Waals surface area contributed by atoms with E-state index in [1.54, 1.807) is 30.0 Å². The maximum Gasteiger partial charge on any atom is 0.282 e. The molecule has 120 valence electrons. The van der Waals surface area contributed by atoms with Gasteiger partial charge in [0.2, 0.25) is 5.91 Å². The molecule has 2 amide bonds. The van der Waals surface area contributed by atoms with Crippen LogP contribution in [0.5, 0.6) is 0 Å². The van der Waals surface area contributed by atoms with Crippen molar-refractivity contribution in [1.29, 1.82) is 0 Å². The molecule has 1 fully saturated rings. The molecule has 1 aromatic rings. The predicted molar refractivity (Wildman–Crippen MR) is 87.5 cm³/mol. The number of nitrogens with one attached hydrogen (secondary N) is 2. The summed E-state index contributed by atoms with van der Waals surface area (Å²) in [7, 11) is 0. The number of anilines is 1. The van der Waals surface area contributed by atoms with E-state index in [1.165, 1.54) is 0 Å². The Labute approximate surface area is 140 Å². The minimum Gasteiger partial charge on any atom is -0.332 e. The van der Waals surface area contributed by atoms with Gasteiger partial charge in [-0.25, -0.2) is 0 Å². The molecule has 2 rings (SSSR count). The number of carbonyl (C=O) groups is 2. The van der Waals surface area contributed by atoms with E-state index in [2.05, 4.69) is 5.32 Å². The molecule has 0 aromatic heterocycles. The molecule has 1 saturated heterocycles. The number of amides is 2. The lowest BCUT2D eigenvalue weighted by Gasteiger charge is -2.34. The number of para-hydroxylation sites is 1. The monoisotopic (exact) mass is 344 g/mol. The van der Waals surface area contributed by atoms with Gasteiger partial charge in [0, 0.05) is 6.92 Å². The summed E-state index contributed by atoms with van der Waals surface area (Å²) in [5.74, 6) is -0.0414. The van der Waals surface area contributed by atoms with E-state index in [-0.39, 0.29) is 17.9 Å². The number of quaternary nitrogens is 1. The van der Waals surface area contributed by atoms with E-state index in [0.29, 0.717) is 28.8 Å². The fourth-order valence-corrected chi connectivity index (χ4v) is 3.07. The third-order valence-corrected chi connectivity index (χ3v) is 4.70. The minimum absolute atomic E-state index is 0.0824. The van der Waals surface area contributed by atoms with Crippen molar-refractivity contribution >= 4 is 40.7 Å². The molecule has 0 saturated carbocycles. The Hall–Kier alpha value is -1.30. The lowest BCUT2D eigenvalue weighted by molar-refractivity contribution is -0.917. The van der Waals surface area contributed by atoms with Crippen molar-refractivity contribution in [2.24, 2.45) is 0 Å². The van der Waals surface area contributed by atoms with Gasteiger partial charge in [0.15, 0.2) is 6.04 Å². The van der Waals surface area contributed by atoms with Crippen molar-refractivity contribution in [2.75, 3.05) is 31.5 Å². The second kappa shape index (κ2) is 7.31. The molecular weight excluding hydrogens is 325 g/mol. The summed E-state index contributed by atoms with van der Waals surface area (Å²) in [4.78, 5) is 26.7. The number of halogens is 2. The van der Waals surface area contributed by atoms with Crippen LogP contribution in [0.3, 0.4) is 0 Å². The summed E-state index contributed by atoms with van der Waals surface area (Å²) in [6, 6.07) is 4.87. The molecule has 0 unspecified atom stereocenters. The van der Waals surface area contributed by atoms with Gasteiger partial charge >= 0.3 is 0 Å². The van der Waals surface area contributed by atoms with Gasteiger partial charge < -0.3 is 15.1 Å². The Balaban J connectivity index is 1.97. The van der Waals surface area contributed by atoms with Crippen molar-refractivity contribution in [2.45, 2.75) is 19.9 Å². The lowest BCUT2D eigenvalue weighted by atomic mass is 10.2. The molecule has 2 N–H and O–H groups in total. The second-order valence-corrected chi connectivity index (χ2v) is 6.29. The second-order valence-electron chi connectivity index (χ2n) is 5.47. The Morgan fingerprint density at radius 3 is 2.27 bits per heavy atom. The molecular formula is C15H20Cl2N3O2+. The highest BCUT2D eigenvalue weighted by atomic mass is 35.5. The highest BCUT2D eigenvalue weighted by Crippen LogP contribution is 2.29. The quantitative estimate of drug-likeness (QED) is 0.861. The normalized spacial score (nSPS) is 17.2. The van der Waals surface area contributed by atoms with Gasteiger partial charge in [-0.3, -0.25) is 9.59 Å². The summed E-state index contributed by atoms with van der Waals surface area (Å²) in [6.07, 6.45) is 0. The summed E-state index contributed by atoms with van der Waals surface area (Å²) < 4.78 is 0. The van der Waals surface area contributed by atoms with Gasteiger partial charge in [-0.2, -0.15) is 0 Å². The van der Waals surface area contributed by atoms with Crippen molar-refractivity contribution < 1.29 is 14.5 Å².